The van der Waals surface area contributed by atoms with E-state index in [1.165, 1.54) is 11.3 Å². The van der Waals surface area contributed by atoms with Gasteiger partial charge in [0.1, 0.15) is 5.76 Å². The second-order valence-electron chi connectivity index (χ2n) is 6.62. The Morgan fingerprint density at radius 2 is 2.08 bits per heavy atom. The molecule has 0 aromatic carbocycles. The fourth-order valence-electron chi connectivity index (χ4n) is 3.16. The highest BCUT2D eigenvalue weighted by atomic mass is 32.1. The van der Waals surface area contributed by atoms with Gasteiger partial charge in [0.05, 0.1) is 30.0 Å². The van der Waals surface area contributed by atoms with E-state index in [4.69, 9.17) is 9.26 Å². The van der Waals surface area contributed by atoms with Gasteiger partial charge in [-0.25, -0.2) is 4.98 Å². The van der Waals surface area contributed by atoms with Crippen LogP contribution in [0.15, 0.2) is 9.90 Å². The third-order valence-corrected chi connectivity index (χ3v) is 5.00. The number of carbonyl (C=O) groups is 1. The number of anilines is 1. The zero-order valence-electron chi connectivity index (χ0n) is 15.0. The number of nitrogens with one attached hydrogen (secondary N) is 1. The summed E-state index contributed by atoms with van der Waals surface area (Å²) in [6, 6.07) is 0. The van der Waals surface area contributed by atoms with E-state index < -0.39 is 0 Å². The highest BCUT2D eigenvalue weighted by Crippen LogP contribution is 2.20. The van der Waals surface area contributed by atoms with Gasteiger partial charge in [0.25, 0.3) is 0 Å². The lowest BCUT2D eigenvalue weighted by molar-refractivity contribution is -0.115. The van der Waals surface area contributed by atoms with Crippen molar-refractivity contribution in [1.29, 1.82) is 0 Å². The zero-order valence-corrected chi connectivity index (χ0v) is 15.9. The van der Waals surface area contributed by atoms with E-state index in [9.17, 15) is 4.79 Å². The van der Waals surface area contributed by atoms with Crippen LogP contribution in [0.4, 0.5) is 5.13 Å². The number of thiazole rings is 1. The number of carbonyl (C=O) groups excluding carboxylic acids is 1. The average molecular weight is 364 g/mol. The first kappa shape index (κ1) is 18.0. The lowest BCUT2D eigenvalue weighted by Gasteiger charge is -2.34. The Kier molecular flexibility index (Phi) is 5.51. The lowest BCUT2D eigenvalue weighted by Crippen LogP contribution is -2.44. The third kappa shape index (κ3) is 4.65. The molecule has 0 saturated carbocycles. The summed E-state index contributed by atoms with van der Waals surface area (Å²) in [5.74, 6) is 0.576. The number of aromatic nitrogens is 2. The van der Waals surface area contributed by atoms with Gasteiger partial charge < -0.3 is 14.6 Å². The molecule has 0 spiro atoms. The van der Waals surface area contributed by atoms with Crippen molar-refractivity contribution in [2.45, 2.75) is 52.9 Å². The van der Waals surface area contributed by atoms with Crippen molar-refractivity contribution in [3.05, 3.63) is 28.1 Å². The Hall–Kier alpha value is -1.77. The molecule has 1 aliphatic rings. The van der Waals surface area contributed by atoms with Gasteiger partial charge in [-0.05, 0) is 27.7 Å². The molecule has 0 radical (unpaired) electrons. The molecule has 0 aliphatic carbocycles. The van der Waals surface area contributed by atoms with Gasteiger partial charge in [-0.3, -0.25) is 9.69 Å². The van der Waals surface area contributed by atoms with Crippen molar-refractivity contribution in [3.8, 4) is 0 Å². The van der Waals surface area contributed by atoms with Crippen molar-refractivity contribution in [3.63, 3.8) is 0 Å². The first-order valence-electron chi connectivity index (χ1n) is 8.44. The van der Waals surface area contributed by atoms with Crippen LogP contribution in [0, 0.1) is 13.8 Å². The maximum absolute atomic E-state index is 12.2. The van der Waals surface area contributed by atoms with Crippen molar-refractivity contribution in [2.24, 2.45) is 0 Å². The molecule has 3 rings (SSSR count). The number of ether oxygens (including phenoxy) is 1. The normalized spacial score (nSPS) is 21.4. The van der Waals surface area contributed by atoms with Gasteiger partial charge in [0.15, 0.2) is 5.13 Å². The summed E-state index contributed by atoms with van der Waals surface area (Å²) in [6.45, 7) is 10.4. The molecule has 0 bridgehead atoms. The maximum atomic E-state index is 12.2. The summed E-state index contributed by atoms with van der Waals surface area (Å²) in [7, 11) is 0. The van der Waals surface area contributed by atoms with E-state index in [2.05, 4.69) is 34.2 Å². The smallest absolute Gasteiger partial charge is 0.230 e. The summed E-state index contributed by atoms with van der Waals surface area (Å²) < 4.78 is 10.8. The number of rotatable bonds is 5. The Morgan fingerprint density at radius 3 is 2.72 bits per heavy atom. The van der Waals surface area contributed by atoms with Crippen molar-refractivity contribution in [2.75, 3.05) is 18.4 Å². The van der Waals surface area contributed by atoms with Gasteiger partial charge in [0, 0.05) is 30.6 Å². The van der Waals surface area contributed by atoms with E-state index in [0.29, 0.717) is 10.9 Å². The molecular formula is C17H24N4O3S. The fourth-order valence-corrected chi connectivity index (χ4v) is 3.88. The van der Waals surface area contributed by atoms with Crippen LogP contribution in [-0.4, -0.2) is 46.2 Å². The molecule has 0 unspecified atom stereocenters. The first-order valence-corrected chi connectivity index (χ1v) is 9.32. The van der Waals surface area contributed by atoms with Crippen LogP contribution >= 0.6 is 11.3 Å². The van der Waals surface area contributed by atoms with Crippen molar-refractivity contribution < 1.29 is 14.1 Å². The van der Waals surface area contributed by atoms with Gasteiger partial charge in [0.2, 0.25) is 5.91 Å². The second-order valence-corrected chi connectivity index (χ2v) is 7.48. The van der Waals surface area contributed by atoms with E-state index in [-0.39, 0.29) is 24.5 Å². The molecule has 2 atom stereocenters. The van der Waals surface area contributed by atoms with Crippen LogP contribution in [0.3, 0.4) is 0 Å². The third-order valence-electron chi connectivity index (χ3n) is 4.20. The Balaban J connectivity index is 1.55. The van der Waals surface area contributed by atoms with Crippen LogP contribution in [0.2, 0.25) is 0 Å². The van der Waals surface area contributed by atoms with Crippen LogP contribution in [0.5, 0.6) is 0 Å². The zero-order chi connectivity index (χ0) is 18.0. The summed E-state index contributed by atoms with van der Waals surface area (Å²) in [4.78, 5) is 19.1. The lowest BCUT2D eigenvalue weighted by atomic mass is 10.1. The highest BCUT2D eigenvalue weighted by molar-refractivity contribution is 7.13. The van der Waals surface area contributed by atoms with Crippen LogP contribution in [0.1, 0.15) is 36.6 Å². The van der Waals surface area contributed by atoms with E-state index in [1.807, 2.05) is 19.2 Å². The number of aryl methyl sites for hydroxylation is 2. The maximum Gasteiger partial charge on any atom is 0.230 e. The minimum atomic E-state index is -0.107. The van der Waals surface area contributed by atoms with E-state index >= 15 is 0 Å². The van der Waals surface area contributed by atoms with Gasteiger partial charge in [-0.15, -0.1) is 11.3 Å². The molecule has 8 heteroatoms. The van der Waals surface area contributed by atoms with Crippen molar-refractivity contribution >= 4 is 22.4 Å². The molecule has 1 amide bonds. The monoisotopic (exact) mass is 364 g/mol. The standard InChI is InChI=1S/C17H24N4O3S/c1-10-6-21(7-11(2)23-10)8-14-9-25-17(18-14)19-16(22)5-15-12(3)20-24-13(15)4/h9-11H,5-8H2,1-4H3,(H,18,19,22)/t10-,11-/m0/s1. The van der Waals surface area contributed by atoms with Crippen LogP contribution < -0.4 is 5.32 Å². The number of hydrogen-bond acceptors (Lipinski definition) is 7. The van der Waals surface area contributed by atoms with Gasteiger partial charge in [-0.1, -0.05) is 5.16 Å². The van der Waals surface area contributed by atoms with Gasteiger partial charge >= 0.3 is 0 Å². The predicted octanol–water partition coefficient (Wildman–Crippen LogP) is 2.54. The number of hydrogen-bond donors (Lipinski definition) is 1. The summed E-state index contributed by atoms with van der Waals surface area (Å²) in [5, 5.41) is 9.36. The highest BCUT2D eigenvalue weighted by Gasteiger charge is 2.23. The molecule has 2 aromatic rings. The molecule has 7 nitrogen and oxygen atoms in total. The van der Waals surface area contributed by atoms with Crippen LogP contribution in [0.25, 0.3) is 0 Å². The van der Waals surface area contributed by atoms with Crippen LogP contribution in [-0.2, 0) is 22.5 Å². The summed E-state index contributed by atoms with van der Waals surface area (Å²) >= 11 is 1.45. The molecule has 2 aromatic heterocycles. The number of amides is 1. The minimum Gasteiger partial charge on any atom is -0.373 e. The molecule has 25 heavy (non-hydrogen) atoms. The Labute approximate surface area is 151 Å². The van der Waals surface area contributed by atoms with Gasteiger partial charge in [-0.2, -0.15) is 0 Å². The second kappa shape index (κ2) is 7.63. The fraction of sp³-hybridized carbons (Fsp3) is 0.588. The van der Waals surface area contributed by atoms with E-state index in [1.54, 1.807) is 0 Å². The average Bonchev–Trinajstić information content (AvgIpc) is 3.07. The SMILES string of the molecule is Cc1noc(C)c1CC(=O)Nc1nc(CN2C[C@H](C)O[C@@H](C)C2)cs1. The molecule has 1 aliphatic heterocycles. The molecule has 136 valence electrons. The predicted molar refractivity (Wildman–Crippen MR) is 95.7 cm³/mol. The van der Waals surface area contributed by atoms with Crippen molar-refractivity contribution in [1.82, 2.24) is 15.0 Å². The number of nitrogens with zero attached hydrogens (tertiary/aromatic N) is 3. The quantitative estimate of drug-likeness (QED) is 0.878. The molecule has 1 N–H and O–H groups in total. The van der Waals surface area contributed by atoms with E-state index in [0.717, 1.165) is 36.6 Å². The topological polar surface area (TPSA) is 80.5 Å². The summed E-state index contributed by atoms with van der Waals surface area (Å²) in [6.07, 6.45) is 0.711. The molecule has 1 fully saturated rings. The Morgan fingerprint density at radius 1 is 1.36 bits per heavy atom. The molecule has 1 saturated heterocycles. The first-order chi connectivity index (χ1) is 11.9. The Bertz CT molecular complexity index is 713. The molecule has 3 heterocycles. The largest absolute Gasteiger partial charge is 0.373 e. The number of morpholine rings is 1. The minimum absolute atomic E-state index is 0.107. The summed E-state index contributed by atoms with van der Waals surface area (Å²) in [5.41, 5.74) is 2.56. The molecular weight excluding hydrogens is 340 g/mol.